The van der Waals surface area contributed by atoms with Gasteiger partial charge >= 0.3 is 0 Å². The quantitative estimate of drug-likeness (QED) is 0.921. The number of halogens is 1. The molecule has 2 aromatic carbocycles. The molecule has 20 heavy (non-hydrogen) atoms. The van der Waals surface area contributed by atoms with Crippen LogP contribution < -0.4 is 10.5 Å². The lowest BCUT2D eigenvalue weighted by molar-refractivity contribution is 0.150. The van der Waals surface area contributed by atoms with Crippen LogP contribution in [0.4, 0.5) is 0 Å². The van der Waals surface area contributed by atoms with Crippen molar-refractivity contribution in [2.45, 2.75) is 31.4 Å². The lowest BCUT2D eigenvalue weighted by Crippen LogP contribution is -2.29. The smallest absolute Gasteiger partial charge is 0.124 e. The normalized spacial score (nSPS) is 21.1. The van der Waals surface area contributed by atoms with Gasteiger partial charge in [-0.2, -0.15) is 0 Å². The van der Waals surface area contributed by atoms with Crippen LogP contribution in [0.1, 0.15) is 30.0 Å². The van der Waals surface area contributed by atoms with Gasteiger partial charge in [0, 0.05) is 23.0 Å². The first-order valence-corrected chi connectivity index (χ1v) is 7.36. The molecule has 0 saturated heterocycles. The summed E-state index contributed by atoms with van der Waals surface area (Å²) in [6, 6.07) is 16.2. The Morgan fingerprint density at radius 3 is 2.75 bits per heavy atom. The van der Waals surface area contributed by atoms with Crippen LogP contribution in [0.5, 0.6) is 5.75 Å². The molecule has 2 atom stereocenters. The molecule has 3 rings (SSSR count). The van der Waals surface area contributed by atoms with Crippen molar-refractivity contribution in [3.63, 3.8) is 0 Å². The van der Waals surface area contributed by atoms with Crippen molar-refractivity contribution in [1.82, 2.24) is 0 Å². The maximum Gasteiger partial charge on any atom is 0.124 e. The summed E-state index contributed by atoms with van der Waals surface area (Å²) in [5.74, 6) is 0.881. The average Bonchev–Trinajstić information content (AvgIpc) is 2.47. The predicted octanol–water partition coefficient (Wildman–Crippen LogP) is 4.12. The molecule has 1 aliphatic rings. The maximum atomic E-state index is 6.24. The summed E-state index contributed by atoms with van der Waals surface area (Å²) in [6.45, 7) is 0. The fraction of sp³-hybridized carbons (Fsp3) is 0.294. The van der Waals surface area contributed by atoms with E-state index in [-0.39, 0.29) is 12.1 Å². The first kappa shape index (κ1) is 13.5. The second-order valence-corrected chi connectivity index (χ2v) is 5.72. The first-order valence-electron chi connectivity index (χ1n) is 6.98. The Bertz CT molecular complexity index is 585. The van der Waals surface area contributed by atoms with Crippen molar-refractivity contribution in [1.29, 1.82) is 0 Å². The zero-order valence-corrected chi connectivity index (χ0v) is 12.0. The molecule has 0 saturated carbocycles. The molecule has 0 aromatic heterocycles. The van der Waals surface area contributed by atoms with E-state index in [1.165, 1.54) is 5.56 Å². The molecule has 2 aromatic rings. The molecule has 0 bridgehead atoms. The SMILES string of the molecule is NC1CC(CCc2ccccc2)Oc2ccc(Cl)cc21. The van der Waals surface area contributed by atoms with Crippen molar-refractivity contribution in [3.8, 4) is 5.75 Å². The van der Waals surface area contributed by atoms with Crippen LogP contribution >= 0.6 is 11.6 Å². The van der Waals surface area contributed by atoms with Crippen LogP contribution in [0.15, 0.2) is 48.5 Å². The highest BCUT2D eigenvalue weighted by Gasteiger charge is 2.25. The molecule has 1 heterocycles. The molecule has 1 aliphatic heterocycles. The molecule has 104 valence electrons. The molecular weight excluding hydrogens is 270 g/mol. The van der Waals surface area contributed by atoms with Gasteiger partial charge in [-0.15, -0.1) is 0 Å². The third-order valence-electron chi connectivity index (χ3n) is 3.78. The van der Waals surface area contributed by atoms with E-state index in [2.05, 4.69) is 24.3 Å². The monoisotopic (exact) mass is 287 g/mol. The summed E-state index contributed by atoms with van der Waals surface area (Å²) in [5.41, 5.74) is 8.60. The second-order valence-electron chi connectivity index (χ2n) is 5.29. The highest BCUT2D eigenvalue weighted by Crippen LogP contribution is 2.36. The number of rotatable bonds is 3. The standard InChI is InChI=1S/C17H18ClNO/c18-13-7-9-17-15(10-13)16(19)11-14(20-17)8-6-12-4-2-1-3-5-12/h1-5,7,9-10,14,16H,6,8,11,19H2. The van der Waals surface area contributed by atoms with Gasteiger partial charge in [-0.1, -0.05) is 41.9 Å². The Morgan fingerprint density at radius 2 is 1.95 bits per heavy atom. The topological polar surface area (TPSA) is 35.2 Å². The van der Waals surface area contributed by atoms with Crippen molar-refractivity contribution in [3.05, 3.63) is 64.7 Å². The molecule has 2 nitrogen and oxygen atoms in total. The van der Waals surface area contributed by atoms with Crippen LogP contribution in [-0.2, 0) is 6.42 Å². The number of ether oxygens (including phenoxy) is 1. The minimum Gasteiger partial charge on any atom is -0.490 e. The lowest BCUT2D eigenvalue weighted by atomic mass is 9.94. The number of hydrogen-bond acceptors (Lipinski definition) is 2. The van der Waals surface area contributed by atoms with E-state index in [9.17, 15) is 0 Å². The van der Waals surface area contributed by atoms with Crippen LogP contribution in [0.25, 0.3) is 0 Å². The Morgan fingerprint density at radius 1 is 1.15 bits per heavy atom. The maximum absolute atomic E-state index is 6.24. The molecular formula is C17H18ClNO. The lowest BCUT2D eigenvalue weighted by Gasteiger charge is -2.30. The van der Waals surface area contributed by atoms with E-state index in [0.717, 1.165) is 30.6 Å². The van der Waals surface area contributed by atoms with Crippen LogP contribution in [0.3, 0.4) is 0 Å². The molecule has 3 heteroatoms. The van der Waals surface area contributed by atoms with Gasteiger partial charge in [-0.25, -0.2) is 0 Å². The van der Waals surface area contributed by atoms with Crippen LogP contribution in [0.2, 0.25) is 5.02 Å². The van der Waals surface area contributed by atoms with Crippen molar-refractivity contribution in [2.24, 2.45) is 5.73 Å². The summed E-state index contributed by atoms with van der Waals surface area (Å²) in [7, 11) is 0. The summed E-state index contributed by atoms with van der Waals surface area (Å²) in [4.78, 5) is 0. The van der Waals surface area contributed by atoms with Gasteiger partial charge in [0.1, 0.15) is 11.9 Å². The van der Waals surface area contributed by atoms with Gasteiger partial charge < -0.3 is 10.5 Å². The highest BCUT2D eigenvalue weighted by atomic mass is 35.5. The zero-order valence-electron chi connectivity index (χ0n) is 11.3. The number of nitrogens with two attached hydrogens (primary N) is 1. The Balaban J connectivity index is 1.67. The molecule has 0 amide bonds. The van der Waals surface area contributed by atoms with Gasteiger partial charge in [0.05, 0.1) is 0 Å². The second kappa shape index (κ2) is 5.86. The van der Waals surface area contributed by atoms with Gasteiger partial charge in [0.25, 0.3) is 0 Å². The van der Waals surface area contributed by atoms with Crippen LogP contribution in [0, 0.1) is 0 Å². The van der Waals surface area contributed by atoms with E-state index in [1.807, 2.05) is 24.3 Å². The van der Waals surface area contributed by atoms with Crippen LogP contribution in [-0.4, -0.2) is 6.10 Å². The Kier molecular flexibility index (Phi) is 3.95. The van der Waals surface area contributed by atoms with Gasteiger partial charge in [0.15, 0.2) is 0 Å². The fourth-order valence-corrected chi connectivity index (χ4v) is 2.88. The van der Waals surface area contributed by atoms with E-state index >= 15 is 0 Å². The van der Waals surface area contributed by atoms with Crippen molar-refractivity contribution < 1.29 is 4.74 Å². The molecule has 0 radical (unpaired) electrons. The van der Waals surface area contributed by atoms with E-state index in [0.29, 0.717) is 5.02 Å². The summed E-state index contributed by atoms with van der Waals surface area (Å²) in [6.07, 6.45) is 3.03. The number of hydrogen-bond donors (Lipinski definition) is 1. The van der Waals surface area contributed by atoms with Crippen molar-refractivity contribution >= 4 is 11.6 Å². The highest BCUT2D eigenvalue weighted by molar-refractivity contribution is 6.30. The third kappa shape index (κ3) is 2.97. The predicted molar refractivity (Wildman–Crippen MR) is 82.2 cm³/mol. The molecule has 2 unspecified atom stereocenters. The third-order valence-corrected chi connectivity index (χ3v) is 4.01. The molecule has 0 aliphatic carbocycles. The molecule has 0 spiro atoms. The van der Waals surface area contributed by atoms with Gasteiger partial charge in [-0.05, 0) is 36.6 Å². The number of benzene rings is 2. The average molecular weight is 288 g/mol. The number of fused-ring (bicyclic) bond motifs is 1. The van der Waals surface area contributed by atoms with E-state index in [4.69, 9.17) is 22.1 Å². The Labute approximate surface area is 124 Å². The first-order chi connectivity index (χ1) is 9.72. The van der Waals surface area contributed by atoms with Gasteiger partial charge in [0.2, 0.25) is 0 Å². The zero-order chi connectivity index (χ0) is 13.9. The van der Waals surface area contributed by atoms with E-state index < -0.39 is 0 Å². The minimum atomic E-state index is 0.0122. The largest absolute Gasteiger partial charge is 0.490 e. The summed E-state index contributed by atoms with van der Waals surface area (Å²) < 4.78 is 6.04. The van der Waals surface area contributed by atoms with E-state index in [1.54, 1.807) is 0 Å². The molecule has 2 N–H and O–H groups in total. The Hall–Kier alpha value is -1.51. The van der Waals surface area contributed by atoms with Gasteiger partial charge in [-0.3, -0.25) is 0 Å². The minimum absolute atomic E-state index is 0.0122. The molecule has 0 fully saturated rings. The number of aryl methyl sites for hydroxylation is 1. The summed E-state index contributed by atoms with van der Waals surface area (Å²) in [5, 5.41) is 0.713. The summed E-state index contributed by atoms with van der Waals surface area (Å²) >= 11 is 6.01. The fourth-order valence-electron chi connectivity index (χ4n) is 2.70. The van der Waals surface area contributed by atoms with Crippen molar-refractivity contribution in [2.75, 3.05) is 0 Å².